The summed E-state index contributed by atoms with van der Waals surface area (Å²) < 4.78 is 17.5. The summed E-state index contributed by atoms with van der Waals surface area (Å²) in [4.78, 5) is 24.0. The van der Waals surface area contributed by atoms with Gasteiger partial charge in [0.15, 0.2) is 6.61 Å². The number of carbonyl (C=O) groups excluding carboxylic acids is 2. The van der Waals surface area contributed by atoms with E-state index in [2.05, 4.69) is 5.32 Å². The van der Waals surface area contributed by atoms with Crippen molar-refractivity contribution < 1.29 is 18.7 Å². The SMILES string of the molecule is O=C(COC(=O)C=Cc1ccc(F)cc1)NCc1cccs1. The highest BCUT2D eigenvalue weighted by Crippen LogP contribution is 2.07. The molecule has 1 heterocycles. The van der Waals surface area contributed by atoms with Gasteiger partial charge in [-0.15, -0.1) is 11.3 Å². The Hall–Kier alpha value is -2.47. The second-order valence-corrected chi connectivity index (χ2v) is 5.38. The van der Waals surface area contributed by atoms with Crippen molar-refractivity contribution in [2.45, 2.75) is 6.54 Å². The largest absolute Gasteiger partial charge is 0.452 e. The van der Waals surface area contributed by atoms with Gasteiger partial charge < -0.3 is 10.1 Å². The second-order valence-electron chi connectivity index (χ2n) is 4.35. The minimum Gasteiger partial charge on any atom is -0.452 e. The quantitative estimate of drug-likeness (QED) is 0.658. The lowest BCUT2D eigenvalue weighted by Crippen LogP contribution is -2.27. The van der Waals surface area contributed by atoms with Gasteiger partial charge in [-0.3, -0.25) is 4.79 Å². The topological polar surface area (TPSA) is 55.4 Å². The summed E-state index contributed by atoms with van der Waals surface area (Å²) in [5.74, 6) is -1.34. The summed E-state index contributed by atoms with van der Waals surface area (Å²) in [6.07, 6.45) is 2.69. The second kappa shape index (κ2) is 8.09. The van der Waals surface area contributed by atoms with Crippen LogP contribution in [0.5, 0.6) is 0 Å². The fraction of sp³-hybridized carbons (Fsp3) is 0.125. The predicted molar refractivity (Wildman–Crippen MR) is 82.6 cm³/mol. The highest BCUT2D eigenvalue weighted by atomic mass is 32.1. The van der Waals surface area contributed by atoms with Crippen LogP contribution < -0.4 is 5.32 Å². The van der Waals surface area contributed by atoms with E-state index in [1.165, 1.54) is 47.8 Å². The van der Waals surface area contributed by atoms with E-state index in [-0.39, 0.29) is 18.3 Å². The van der Waals surface area contributed by atoms with Crippen molar-refractivity contribution >= 4 is 29.3 Å². The van der Waals surface area contributed by atoms with Crippen molar-refractivity contribution in [1.29, 1.82) is 0 Å². The Balaban J connectivity index is 1.70. The predicted octanol–water partition coefficient (Wildman–Crippen LogP) is 2.76. The van der Waals surface area contributed by atoms with E-state index in [1.807, 2.05) is 17.5 Å². The molecule has 114 valence electrons. The molecule has 0 bridgehead atoms. The van der Waals surface area contributed by atoms with E-state index in [0.29, 0.717) is 12.1 Å². The lowest BCUT2D eigenvalue weighted by Gasteiger charge is -2.03. The Labute approximate surface area is 131 Å². The van der Waals surface area contributed by atoms with Crippen LogP contribution in [0.1, 0.15) is 10.4 Å². The molecule has 22 heavy (non-hydrogen) atoms. The van der Waals surface area contributed by atoms with Gasteiger partial charge in [0.2, 0.25) is 0 Å². The highest BCUT2D eigenvalue weighted by Gasteiger charge is 2.05. The van der Waals surface area contributed by atoms with Gasteiger partial charge in [0.05, 0.1) is 6.54 Å². The van der Waals surface area contributed by atoms with Gasteiger partial charge in [0, 0.05) is 11.0 Å². The fourth-order valence-corrected chi connectivity index (χ4v) is 2.22. The average Bonchev–Trinajstić information content (AvgIpc) is 3.04. The first kappa shape index (κ1) is 15.9. The maximum atomic E-state index is 12.7. The van der Waals surface area contributed by atoms with Crippen LogP contribution >= 0.6 is 11.3 Å². The Morgan fingerprint density at radius 3 is 2.68 bits per heavy atom. The number of amides is 1. The molecular weight excluding hydrogens is 305 g/mol. The zero-order valence-corrected chi connectivity index (χ0v) is 12.4. The average molecular weight is 319 g/mol. The van der Waals surface area contributed by atoms with Crippen molar-refractivity contribution in [1.82, 2.24) is 5.32 Å². The molecule has 0 saturated heterocycles. The molecule has 2 aromatic rings. The van der Waals surface area contributed by atoms with E-state index >= 15 is 0 Å². The Morgan fingerprint density at radius 2 is 2.00 bits per heavy atom. The molecule has 0 radical (unpaired) electrons. The number of thiophene rings is 1. The number of hydrogen-bond donors (Lipinski definition) is 1. The van der Waals surface area contributed by atoms with Gasteiger partial charge in [0.1, 0.15) is 5.82 Å². The zero-order valence-electron chi connectivity index (χ0n) is 11.6. The molecule has 0 unspecified atom stereocenters. The summed E-state index contributed by atoms with van der Waals surface area (Å²) in [5.41, 5.74) is 0.667. The lowest BCUT2D eigenvalue weighted by atomic mass is 10.2. The summed E-state index contributed by atoms with van der Waals surface area (Å²) in [5, 5.41) is 4.57. The number of ether oxygens (including phenoxy) is 1. The fourth-order valence-electron chi connectivity index (χ4n) is 1.57. The molecule has 0 aliphatic rings. The van der Waals surface area contributed by atoms with Crippen LogP contribution in [0.25, 0.3) is 6.08 Å². The maximum Gasteiger partial charge on any atom is 0.331 e. The van der Waals surface area contributed by atoms with Crippen molar-refractivity contribution in [2.75, 3.05) is 6.61 Å². The molecule has 6 heteroatoms. The van der Waals surface area contributed by atoms with E-state index < -0.39 is 5.97 Å². The van der Waals surface area contributed by atoms with Gasteiger partial charge >= 0.3 is 5.97 Å². The Morgan fingerprint density at radius 1 is 1.23 bits per heavy atom. The van der Waals surface area contributed by atoms with Crippen molar-refractivity contribution in [3.8, 4) is 0 Å². The van der Waals surface area contributed by atoms with Crippen molar-refractivity contribution in [2.24, 2.45) is 0 Å². The number of esters is 1. The van der Waals surface area contributed by atoms with Crippen LogP contribution in [-0.2, 0) is 20.9 Å². The first-order chi connectivity index (χ1) is 10.6. The summed E-state index contributed by atoms with van der Waals surface area (Å²) in [6.45, 7) is 0.0808. The molecule has 0 spiro atoms. The minimum absolute atomic E-state index is 0.335. The maximum absolute atomic E-state index is 12.7. The van der Waals surface area contributed by atoms with Crippen LogP contribution in [-0.4, -0.2) is 18.5 Å². The van der Waals surface area contributed by atoms with E-state index in [1.54, 1.807) is 0 Å². The minimum atomic E-state index is -0.629. The molecule has 1 aromatic carbocycles. The number of benzene rings is 1. The van der Waals surface area contributed by atoms with Crippen molar-refractivity contribution in [3.05, 3.63) is 64.1 Å². The number of nitrogens with one attached hydrogen (secondary N) is 1. The molecule has 4 nitrogen and oxygen atoms in total. The molecule has 0 aliphatic heterocycles. The summed E-state index contributed by atoms with van der Waals surface area (Å²) in [7, 11) is 0. The van der Waals surface area contributed by atoms with Gasteiger partial charge in [0.25, 0.3) is 5.91 Å². The van der Waals surface area contributed by atoms with Gasteiger partial charge in [-0.05, 0) is 35.2 Å². The Kier molecular flexibility index (Phi) is 5.85. The molecule has 1 aromatic heterocycles. The first-order valence-electron chi connectivity index (χ1n) is 6.53. The number of halogens is 1. The third-order valence-electron chi connectivity index (χ3n) is 2.67. The van der Waals surface area contributed by atoms with Crippen LogP contribution in [0.3, 0.4) is 0 Å². The van der Waals surface area contributed by atoms with Crippen LogP contribution in [0, 0.1) is 5.82 Å². The molecule has 2 rings (SSSR count). The van der Waals surface area contributed by atoms with Gasteiger partial charge in [-0.2, -0.15) is 0 Å². The van der Waals surface area contributed by atoms with Crippen LogP contribution in [0.2, 0.25) is 0 Å². The summed E-state index contributed by atoms with van der Waals surface area (Å²) >= 11 is 1.54. The lowest BCUT2D eigenvalue weighted by molar-refractivity contribution is -0.143. The number of rotatable bonds is 6. The van der Waals surface area contributed by atoms with Crippen LogP contribution in [0.15, 0.2) is 47.9 Å². The number of hydrogen-bond acceptors (Lipinski definition) is 4. The normalized spacial score (nSPS) is 10.6. The molecule has 0 fully saturated rings. The monoisotopic (exact) mass is 319 g/mol. The molecule has 1 amide bonds. The highest BCUT2D eigenvalue weighted by molar-refractivity contribution is 7.09. The third kappa shape index (κ3) is 5.49. The first-order valence-corrected chi connectivity index (χ1v) is 7.41. The molecule has 0 aliphatic carbocycles. The summed E-state index contributed by atoms with van der Waals surface area (Å²) in [6, 6.07) is 9.46. The molecule has 0 saturated carbocycles. The number of carbonyl (C=O) groups is 2. The zero-order chi connectivity index (χ0) is 15.8. The standard InChI is InChI=1S/C16H14FNO3S/c17-13-6-3-12(4-7-13)5-8-16(20)21-11-15(19)18-10-14-2-1-9-22-14/h1-9H,10-11H2,(H,18,19). The van der Waals surface area contributed by atoms with E-state index in [9.17, 15) is 14.0 Å². The molecule has 1 N–H and O–H groups in total. The van der Waals surface area contributed by atoms with Crippen LogP contribution in [0.4, 0.5) is 4.39 Å². The van der Waals surface area contributed by atoms with Crippen molar-refractivity contribution in [3.63, 3.8) is 0 Å². The third-order valence-corrected chi connectivity index (χ3v) is 3.54. The molecular formula is C16H14FNO3S. The smallest absolute Gasteiger partial charge is 0.331 e. The van der Waals surface area contributed by atoms with Gasteiger partial charge in [-0.25, -0.2) is 9.18 Å². The Bertz CT molecular complexity index is 651. The van der Waals surface area contributed by atoms with E-state index in [0.717, 1.165) is 4.88 Å². The molecule has 0 atom stereocenters. The van der Waals surface area contributed by atoms with E-state index in [4.69, 9.17) is 4.74 Å². The van der Waals surface area contributed by atoms with Gasteiger partial charge in [-0.1, -0.05) is 18.2 Å².